The van der Waals surface area contributed by atoms with Crippen molar-refractivity contribution in [2.45, 2.75) is 11.1 Å². The molecule has 168 valence electrons. The van der Waals surface area contributed by atoms with E-state index in [9.17, 15) is 34.8 Å². The van der Waals surface area contributed by atoms with Gasteiger partial charge in [0, 0.05) is 5.56 Å². The molecule has 4 rings (SSSR count). The summed E-state index contributed by atoms with van der Waals surface area (Å²) < 4.78 is 113. The topological polar surface area (TPSA) is 46.6 Å². The normalized spacial score (nSPS) is 14.1. The molecule has 1 aliphatic heterocycles. The van der Waals surface area contributed by atoms with Crippen molar-refractivity contribution in [3.05, 3.63) is 77.6 Å². The number of alkyl halides is 3. The number of fused-ring (bicyclic) bond motifs is 1. The number of halogens is 6. The molecule has 0 saturated heterocycles. The maximum Gasteiger partial charge on any atom is 0.416 e. The van der Waals surface area contributed by atoms with Crippen molar-refractivity contribution in [3.8, 4) is 16.9 Å². The van der Waals surface area contributed by atoms with E-state index in [1.807, 2.05) is 0 Å². The van der Waals surface area contributed by atoms with Gasteiger partial charge in [-0.05, 0) is 54.1 Å². The van der Waals surface area contributed by atoms with Crippen molar-refractivity contribution in [1.82, 2.24) is 0 Å². The van der Waals surface area contributed by atoms with Gasteiger partial charge in [0.25, 0.3) is 10.0 Å². The van der Waals surface area contributed by atoms with Crippen LogP contribution >= 0.6 is 0 Å². The lowest BCUT2D eigenvalue weighted by atomic mass is 10.0. The Morgan fingerprint density at radius 3 is 2.34 bits per heavy atom. The second kappa shape index (κ2) is 7.73. The lowest BCUT2D eigenvalue weighted by Crippen LogP contribution is -2.38. The van der Waals surface area contributed by atoms with Crippen LogP contribution in [0.2, 0.25) is 0 Å². The Bertz CT molecular complexity index is 1310. The van der Waals surface area contributed by atoms with Crippen LogP contribution in [-0.2, 0) is 16.2 Å². The molecule has 3 aromatic rings. The van der Waals surface area contributed by atoms with E-state index in [1.54, 1.807) is 0 Å². The zero-order valence-electron chi connectivity index (χ0n) is 16.0. The van der Waals surface area contributed by atoms with Crippen LogP contribution in [-0.4, -0.2) is 21.6 Å². The second-order valence-corrected chi connectivity index (χ2v) is 8.77. The zero-order chi connectivity index (χ0) is 23.3. The number of hydrogen-bond donors (Lipinski definition) is 0. The van der Waals surface area contributed by atoms with Gasteiger partial charge in [-0.2, -0.15) is 13.2 Å². The number of hydrogen-bond acceptors (Lipinski definition) is 3. The van der Waals surface area contributed by atoms with Crippen molar-refractivity contribution in [1.29, 1.82) is 0 Å². The van der Waals surface area contributed by atoms with Crippen LogP contribution in [0.1, 0.15) is 5.56 Å². The molecule has 0 radical (unpaired) electrons. The molecule has 0 aromatic heterocycles. The van der Waals surface area contributed by atoms with Crippen molar-refractivity contribution < 1.29 is 39.5 Å². The summed E-state index contributed by atoms with van der Waals surface area (Å²) in [5.74, 6) is -2.80. The van der Waals surface area contributed by atoms with Gasteiger partial charge in [0.2, 0.25) is 0 Å². The predicted molar refractivity (Wildman–Crippen MR) is 103 cm³/mol. The molecule has 0 amide bonds. The van der Waals surface area contributed by atoms with Gasteiger partial charge in [-0.3, -0.25) is 4.31 Å². The Kier molecular flexibility index (Phi) is 5.32. The van der Waals surface area contributed by atoms with Gasteiger partial charge in [-0.15, -0.1) is 0 Å². The summed E-state index contributed by atoms with van der Waals surface area (Å²) in [6.07, 6.45) is -4.96. The maximum atomic E-state index is 14.2. The van der Waals surface area contributed by atoms with Gasteiger partial charge in [0.05, 0.1) is 22.7 Å². The molecule has 0 atom stereocenters. The summed E-state index contributed by atoms with van der Waals surface area (Å²) in [6.45, 7) is -0.413. The van der Waals surface area contributed by atoms with Crippen LogP contribution in [0, 0.1) is 17.5 Å². The van der Waals surface area contributed by atoms with E-state index in [0.29, 0.717) is 12.1 Å². The average Bonchev–Trinajstić information content (AvgIpc) is 2.73. The Hall–Kier alpha value is -3.21. The highest BCUT2D eigenvalue weighted by atomic mass is 32.2. The highest BCUT2D eigenvalue weighted by Gasteiger charge is 2.36. The third-order valence-corrected chi connectivity index (χ3v) is 6.60. The van der Waals surface area contributed by atoms with E-state index in [2.05, 4.69) is 0 Å². The Morgan fingerprint density at radius 1 is 0.875 bits per heavy atom. The quantitative estimate of drug-likeness (QED) is 0.480. The van der Waals surface area contributed by atoms with Crippen LogP contribution in [0.15, 0.2) is 59.5 Å². The molecule has 32 heavy (non-hydrogen) atoms. The molecular weight excluding hydrogens is 460 g/mol. The molecule has 0 spiro atoms. The Balaban J connectivity index is 1.84. The van der Waals surface area contributed by atoms with Gasteiger partial charge in [0.15, 0.2) is 0 Å². The summed E-state index contributed by atoms with van der Waals surface area (Å²) in [4.78, 5) is -0.903. The molecule has 0 bridgehead atoms. The van der Waals surface area contributed by atoms with Crippen molar-refractivity contribution in [2.75, 3.05) is 17.5 Å². The molecule has 0 aliphatic carbocycles. The fourth-order valence-corrected chi connectivity index (χ4v) is 4.84. The van der Waals surface area contributed by atoms with Gasteiger partial charge in [-0.1, -0.05) is 6.07 Å². The van der Waals surface area contributed by atoms with E-state index in [0.717, 1.165) is 22.5 Å². The predicted octanol–water partition coefficient (Wildman–Crippen LogP) is 5.38. The highest BCUT2D eigenvalue weighted by Crippen LogP contribution is 2.40. The van der Waals surface area contributed by atoms with Crippen LogP contribution in [0.5, 0.6) is 5.75 Å². The lowest BCUT2D eigenvalue weighted by molar-refractivity contribution is -0.137. The third kappa shape index (κ3) is 3.99. The van der Waals surface area contributed by atoms with Crippen LogP contribution < -0.4 is 9.04 Å². The van der Waals surface area contributed by atoms with Gasteiger partial charge in [-0.25, -0.2) is 21.6 Å². The number of benzene rings is 3. The first-order valence-electron chi connectivity index (χ1n) is 9.09. The van der Waals surface area contributed by atoms with E-state index in [-0.39, 0.29) is 41.8 Å². The average molecular weight is 473 g/mol. The van der Waals surface area contributed by atoms with Gasteiger partial charge in [0.1, 0.15) is 29.8 Å². The van der Waals surface area contributed by atoms with E-state index in [1.165, 1.54) is 18.2 Å². The minimum atomic E-state index is -4.96. The summed E-state index contributed by atoms with van der Waals surface area (Å²) in [7, 11) is -4.65. The van der Waals surface area contributed by atoms with E-state index < -0.39 is 44.1 Å². The molecule has 0 saturated carbocycles. The largest absolute Gasteiger partial charge is 0.489 e. The number of rotatable bonds is 3. The van der Waals surface area contributed by atoms with E-state index in [4.69, 9.17) is 4.74 Å². The highest BCUT2D eigenvalue weighted by molar-refractivity contribution is 7.92. The molecule has 1 heterocycles. The minimum Gasteiger partial charge on any atom is -0.489 e. The number of sulfonamides is 1. The molecule has 0 N–H and O–H groups in total. The molecule has 0 fully saturated rings. The van der Waals surface area contributed by atoms with Crippen molar-refractivity contribution >= 4 is 15.7 Å². The molecule has 1 aliphatic rings. The summed E-state index contributed by atoms with van der Waals surface area (Å²) in [5, 5.41) is 0. The summed E-state index contributed by atoms with van der Waals surface area (Å²) in [5.41, 5.74) is -1.60. The lowest BCUT2D eigenvalue weighted by Gasteiger charge is -2.31. The van der Waals surface area contributed by atoms with Crippen LogP contribution in [0.3, 0.4) is 0 Å². The number of nitrogens with zero attached hydrogens (tertiary/aromatic N) is 1. The molecule has 11 heteroatoms. The standard InChI is InChI=1S/C21H13F6NO3S/c22-14-2-3-18(24)17(11-14)12-1-4-20-19(7-12)28(5-6-31-20)32(29,30)16-9-13(21(25,26)27)8-15(23)10-16/h1-4,7-11H,5-6H2. The molecule has 0 unspecified atom stereocenters. The third-order valence-electron chi connectivity index (χ3n) is 4.81. The van der Waals surface area contributed by atoms with Gasteiger partial charge >= 0.3 is 6.18 Å². The second-order valence-electron chi connectivity index (χ2n) is 6.91. The Labute approximate surface area is 178 Å². The van der Waals surface area contributed by atoms with E-state index >= 15 is 0 Å². The maximum absolute atomic E-state index is 14.2. The van der Waals surface area contributed by atoms with Gasteiger partial charge < -0.3 is 4.74 Å². The molecule has 3 aromatic carbocycles. The Morgan fingerprint density at radius 2 is 1.62 bits per heavy atom. The summed E-state index contributed by atoms with van der Waals surface area (Å²) >= 11 is 0. The van der Waals surface area contributed by atoms with Crippen molar-refractivity contribution in [3.63, 3.8) is 0 Å². The first-order chi connectivity index (χ1) is 15.0. The molecule has 4 nitrogen and oxygen atoms in total. The summed E-state index contributed by atoms with van der Waals surface area (Å²) in [6, 6.07) is 7.69. The fourth-order valence-electron chi connectivity index (χ4n) is 3.33. The zero-order valence-corrected chi connectivity index (χ0v) is 16.8. The minimum absolute atomic E-state index is 0.0628. The first-order valence-corrected chi connectivity index (χ1v) is 10.5. The number of anilines is 1. The molecular formula is C21H13F6NO3S. The first kappa shape index (κ1) is 22.0. The number of ether oxygens (including phenoxy) is 1. The van der Waals surface area contributed by atoms with Crippen LogP contribution in [0.25, 0.3) is 11.1 Å². The SMILES string of the molecule is O=S(=O)(c1cc(F)cc(C(F)(F)F)c1)N1CCOc2ccc(-c3cc(F)ccc3F)cc21. The fraction of sp³-hybridized carbons (Fsp3) is 0.143. The monoisotopic (exact) mass is 473 g/mol. The van der Waals surface area contributed by atoms with Crippen molar-refractivity contribution in [2.24, 2.45) is 0 Å². The smallest absolute Gasteiger partial charge is 0.416 e. The van der Waals surface area contributed by atoms with Crippen LogP contribution in [0.4, 0.5) is 32.0 Å².